The number of nitrogens with zero attached hydrogens (tertiary/aromatic N) is 3. The Labute approximate surface area is 168 Å². The van der Waals surface area contributed by atoms with Crippen LogP contribution in [0.5, 0.6) is 5.75 Å². The van der Waals surface area contributed by atoms with Gasteiger partial charge in [-0.1, -0.05) is 18.2 Å². The highest BCUT2D eigenvalue weighted by Gasteiger charge is 2.25. The molecular weight excluding hydrogens is 368 g/mol. The predicted octanol–water partition coefficient (Wildman–Crippen LogP) is 3.31. The minimum atomic E-state index is -0.341. The number of anilines is 2. The molecule has 148 valence electrons. The number of aromatic nitrogens is 2. The smallest absolute Gasteiger partial charge is 0.276 e. The summed E-state index contributed by atoms with van der Waals surface area (Å²) in [5.41, 5.74) is 5.69. The lowest BCUT2D eigenvalue weighted by Gasteiger charge is -2.27. The van der Waals surface area contributed by atoms with E-state index in [0.29, 0.717) is 22.8 Å². The van der Waals surface area contributed by atoms with Crippen molar-refractivity contribution >= 4 is 23.2 Å². The van der Waals surface area contributed by atoms with Gasteiger partial charge in [-0.25, -0.2) is 0 Å². The van der Waals surface area contributed by atoms with Crippen LogP contribution in [0.2, 0.25) is 0 Å². The van der Waals surface area contributed by atoms with E-state index in [-0.39, 0.29) is 18.4 Å². The third-order valence-corrected chi connectivity index (χ3v) is 5.23. The van der Waals surface area contributed by atoms with Gasteiger partial charge in [-0.2, -0.15) is 5.10 Å². The largest absolute Gasteiger partial charge is 0.479 e. The van der Waals surface area contributed by atoms with Crippen molar-refractivity contribution in [3.8, 4) is 17.0 Å². The number of ether oxygens (including phenoxy) is 1. The van der Waals surface area contributed by atoms with E-state index < -0.39 is 0 Å². The van der Waals surface area contributed by atoms with Gasteiger partial charge < -0.3 is 15.0 Å². The Kier molecular flexibility index (Phi) is 4.58. The summed E-state index contributed by atoms with van der Waals surface area (Å²) in [5, 5.41) is 7.23. The maximum Gasteiger partial charge on any atom is 0.276 e. The van der Waals surface area contributed by atoms with E-state index >= 15 is 0 Å². The van der Waals surface area contributed by atoms with Crippen molar-refractivity contribution in [2.75, 3.05) is 23.9 Å². The molecule has 1 aromatic heterocycles. The SMILES string of the molecule is Cc1ccc(-c2cc(C(=O)Nc3cccc4c3OCC(=O)N4C)nn2C)cc1C. The van der Waals surface area contributed by atoms with E-state index in [1.807, 2.05) is 13.1 Å². The monoisotopic (exact) mass is 390 g/mol. The second kappa shape index (κ2) is 7.09. The average Bonchev–Trinajstić information content (AvgIpc) is 3.09. The van der Waals surface area contributed by atoms with Gasteiger partial charge in [0.1, 0.15) is 0 Å². The Morgan fingerprint density at radius 3 is 2.66 bits per heavy atom. The first-order valence-corrected chi connectivity index (χ1v) is 9.30. The van der Waals surface area contributed by atoms with Gasteiger partial charge >= 0.3 is 0 Å². The first-order chi connectivity index (χ1) is 13.8. The molecule has 0 spiro atoms. The number of rotatable bonds is 3. The lowest BCUT2D eigenvalue weighted by molar-refractivity contribution is -0.120. The molecule has 0 saturated heterocycles. The number of likely N-dealkylation sites (N-methyl/N-ethyl adjacent to an activating group) is 1. The number of carbonyl (C=O) groups is 2. The maximum absolute atomic E-state index is 12.8. The molecule has 0 saturated carbocycles. The first kappa shape index (κ1) is 18.7. The fourth-order valence-corrected chi connectivity index (χ4v) is 3.34. The highest BCUT2D eigenvalue weighted by Crippen LogP contribution is 2.38. The highest BCUT2D eigenvalue weighted by atomic mass is 16.5. The van der Waals surface area contributed by atoms with Crippen LogP contribution in [0.1, 0.15) is 21.6 Å². The number of hydrogen-bond donors (Lipinski definition) is 1. The molecule has 29 heavy (non-hydrogen) atoms. The van der Waals surface area contributed by atoms with Crippen molar-refractivity contribution in [1.82, 2.24) is 9.78 Å². The zero-order valence-corrected chi connectivity index (χ0v) is 16.8. The number of hydrogen-bond acceptors (Lipinski definition) is 4. The van der Waals surface area contributed by atoms with Crippen molar-refractivity contribution in [3.05, 3.63) is 59.3 Å². The van der Waals surface area contributed by atoms with Crippen molar-refractivity contribution < 1.29 is 14.3 Å². The van der Waals surface area contributed by atoms with Gasteiger partial charge in [0.25, 0.3) is 11.8 Å². The van der Waals surface area contributed by atoms with E-state index in [1.54, 1.807) is 36.0 Å². The molecule has 0 aliphatic carbocycles. The summed E-state index contributed by atoms with van der Waals surface area (Å²) < 4.78 is 7.26. The number of para-hydroxylation sites is 1. The quantitative estimate of drug-likeness (QED) is 0.744. The molecule has 4 rings (SSSR count). The number of fused-ring (bicyclic) bond motifs is 1. The van der Waals surface area contributed by atoms with Crippen LogP contribution in [0, 0.1) is 13.8 Å². The summed E-state index contributed by atoms with van der Waals surface area (Å²) >= 11 is 0. The Bertz CT molecular complexity index is 1130. The molecule has 1 N–H and O–H groups in total. The molecular formula is C22H22N4O3. The molecule has 3 aromatic rings. The molecule has 0 fully saturated rings. The van der Waals surface area contributed by atoms with Crippen molar-refractivity contribution in [2.24, 2.45) is 7.05 Å². The third-order valence-electron chi connectivity index (χ3n) is 5.23. The Morgan fingerprint density at radius 1 is 1.10 bits per heavy atom. The second-order valence-corrected chi connectivity index (χ2v) is 7.19. The van der Waals surface area contributed by atoms with Gasteiger partial charge in [-0.3, -0.25) is 14.3 Å². The molecule has 0 unspecified atom stereocenters. The van der Waals surface area contributed by atoms with Crippen LogP contribution in [0.3, 0.4) is 0 Å². The van der Waals surface area contributed by atoms with Gasteiger partial charge in [-0.05, 0) is 49.2 Å². The standard InChI is InChI=1S/C22H22N4O3/c1-13-8-9-15(10-14(13)2)19-11-17(24-26(19)4)22(28)23-16-6-5-7-18-21(16)29-12-20(27)25(18)3/h5-11H,12H2,1-4H3,(H,23,28). The molecule has 7 heteroatoms. The predicted molar refractivity (Wildman–Crippen MR) is 111 cm³/mol. The lowest BCUT2D eigenvalue weighted by atomic mass is 10.0. The van der Waals surface area contributed by atoms with Crippen LogP contribution in [-0.2, 0) is 11.8 Å². The van der Waals surface area contributed by atoms with Crippen LogP contribution >= 0.6 is 0 Å². The van der Waals surface area contributed by atoms with Gasteiger partial charge in [0.2, 0.25) is 0 Å². The van der Waals surface area contributed by atoms with Crippen molar-refractivity contribution in [3.63, 3.8) is 0 Å². The number of nitrogens with one attached hydrogen (secondary N) is 1. The molecule has 0 bridgehead atoms. The third kappa shape index (κ3) is 3.35. The zero-order chi connectivity index (χ0) is 20.7. The molecule has 2 amide bonds. The molecule has 0 radical (unpaired) electrons. The fraction of sp³-hybridized carbons (Fsp3) is 0.227. The summed E-state index contributed by atoms with van der Waals surface area (Å²) in [4.78, 5) is 26.2. The minimum Gasteiger partial charge on any atom is -0.479 e. The lowest BCUT2D eigenvalue weighted by Crippen LogP contribution is -2.35. The summed E-state index contributed by atoms with van der Waals surface area (Å²) in [5.74, 6) is 0.00392. The molecule has 1 aliphatic heterocycles. The summed E-state index contributed by atoms with van der Waals surface area (Å²) in [6, 6.07) is 13.2. The van der Waals surface area contributed by atoms with Gasteiger partial charge in [0, 0.05) is 19.7 Å². The maximum atomic E-state index is 12.8. The first-order valence-electron chi connectivity index (χ1n) is 9.30. The van der Waals surface area contributed by atoms with Gasteiger partial charge in [0.05, 0.1) is 17.1 Å². The van der Waals surface area contributed by atoms with Crippen LogP contribution in [0.15, 0.2) is 42.5 Å². The van der Waals surface area contributed by atoms with Gasteiger partial charge in [-0.15, -0.1) is 0 Å². The van der Waals surface area contributed by atoms with Crippen LogP contribution in [0.25, 0.3) is 11.3 Å². The topological polar surface area (TPSA) is 76.5 Å². The summed E-state index contributed by atoms with van der Waals surface area (Å²) in [6.45, 7) is 4.06. The molecule has 1 aliphatic rings. The number of aryl methyl sites for hydroxylation is 3. The summed E-state index contributed by atoms with van der Waals surface area (Å²) in [7, 11) is 3.50. The van der Waals surface area contributed by atoms with Crippen LogP contribution in [0.4, 0.5) is 11.4 Å². The molecule has 2 heterocycles. The van der Waals surface area contributed by atoms with E-state index in [9.17, 15) is 9.59 Å². The van der Waals surface area contributed by atoms with E-state index in [2.05, 4.69) is 36.4 Å². The molecule has 7 nitrogen and oxygen atoms in total. The summed E-state index contributed by atoms with van der Waals surface area (Å²) in [6.07, 6.45) is 0. The normalized spacial score (nSPS) is 13.1. The minimum absolute atomic E-state index is 0.0586. The second-order valence-electron chi connectivity index (χ2n) is 7.19. The average molecular weight is 390 g/mol. The molecule has 0 atom stereocenters. The highest BCUT2D eigenvalue weighted by molar-refractivity contribution is 6.06. The van der Waals surface area contributed by atoms with E-state index in [0.717, 1.165) is 11.3 Å². The van der Waals surface area contributed by atoms with Gasteiger partial charge in [0.15, 0.2) is 18.1 Å². The van der Waals surface area contributed by atoms with Crippen LogP contribution < -0.4 is 15.0 Å². The number of carbonyl (C=O) groups excluding carboxylic acids is 2. The van der Waals surface area contributed by atoms with Crippen molar-refractivity contribution in [2.45, 2.75) is 13.8 Å². The van der Waals surface area contributed by atoms with E-state index in [1.165, 1.54) is 16.0 Å². The fourth-order valence-electron chi connectivity index (χ4n) is 3.34. The van der Waals surface area contributed by atoms with E-state index in [4.69, 9.17) is 4.74 Å². The zero-order valence-electron chi connectivity index (χ0n) is 16.8. The Morgan fingerprint density at radius 2 is 1.90 bits per heavy atom. The Hall–Kier alpha value is -3.61. The Balaban J connectivity index is 1.62. The van der Waals surface area contributed by atoms with Crippen molar-refractivity contribution in [1.29, 1.82) is 0 Å². The van der Waals surface area contributed by atoms with Crippen LogP contribution in [-0.4, -0.2) is 35.2 Å². The number of benzene rings is 2. The number of amides is 2. The molecule has 2 aromatic carbocycles.